The van der Waals surface area contributed by atoms with Crippen LogP contribution in [0.2, 0.25) is 37.8 Å². The van der Waals surface area contributed by atoms with Crippen molar-refractivity contribution >= 4 is 25.2 Å². The van der Waals surface area contributed by atoms with Crippen LogP contribution < -0.4 is 11.2 Å². The smallest absolute Gasteiger partial charge is 0.330 e. The molecule has 0 spiro atoms. The lowest BCUT2D eigenvalue weighted by Crippen LogP contribution is -2.46. The van der Waals surface area contributed by atoms with Crippen molar-refractivity contribution in [3.8, 4) is 0 Å². The van der Waals surface area contributed by atoms with Crippen molar-refractivity contribution < 1.29 is 22.4 Å². The summed E-state index contributed by atoms with van der Waals surface area (Å²) in [7, 11) is -3.89. The Morgan fingerprint density at radius 3 is 2.38 bits per heavy atom. The third-order valence-corrected chi connectivity index (χ3v) is 13.7. The summed E-state index contributed by atoms with van der Waals surface area (Å²) < 4.78 is 31.7. The summed E-state index contributed by atoms with van der Waals surface area (Å²) in [4.78, 5) is 26.6. The average Bonchev–Trinajstić information content (AvgIpc) is 3.01. The zero-order valence-corrected chi connectivity index (χ0v) is 23.9. The third kappa shape index (κ3) is 7.17. The molecule has 1 saturated heterocycles. The van der Waals surface area contributed by atoms with Crippen LogP contribution in [0.5, 0.6) is 0 Å². The number of hydrogen-bond donors (Lipinski definition) is 1. The van der Waals surface area contributed by atoms with Gasteiger partial charge in [0.05, 0.1) is 12.7 Å². The van der Waals surface area contributed by atoms with Crippen molar-refractivity contribution in [2.45, 2.75) is 90.3 Å². The van der Waals surface area contributed by atoms with Gasteiger partial charge in [0.15, 0.2) is 16.6 Å². The van der Waals surface area contributed by atoms with Crippen LogP contribution in [-0.4, -0.2) is 52.1 Å². The Kier molecular flexibility index (Phi) is 8.89. The van der Waals surface area contributed by atoms with E-state index >= 15 is 0 Å². The van der Waals surface area contributed by atoms with E-state index in [0.717, 1.165) is 0 Å². The first-order valence-corrected chi connectivity index (χ1v) is 18.3. The minimum absolute atomic E-state index is 0.0159. The minimum Gasteiger partial charge on any atom is -0.411 e. The fourth-order valence-corrected chi connectivity index (χ4v) is 7.01. The van der Waals surface area contributed by atoms with E-state index in [1.165, 1.54) is 10.8 Å². The van der Waals surface area contributed by atoms with E-state index in [1.807, 2.05) is 0 Å². The molecule has 0 amide bonds. The van der Waals surface area contributed by atoms with Gasteiger partial charge in [0, 0.05) is 25.3 Å². The molecule has 0 aliphatic carbocycles. The van der Waals surface area contributed by atoms with Crippen molar-refractivity contribution in [1.29, 1.82) is 0 Å². The Bertz CT molecular complexity index is 892. The van der Waals surface area contributed by atoms with Crippen LogP contribution in [0, 0.1) is 6.92 Å². The van der Waals surface area contributed by atoms with E-state index in [-0.39, 0.29) is 17.7 Å². The summed E-state index contributed by atoms with van der Waals surface area (Å²) in [6.45, 7) is 19.0. The highest BCUT2D eigenvalue weighted by Gasteiger charge is 2.45. The van der Waals surface area contributed by atoms with E-state index in [2.05, 4.69) is 58.5 Å². The van der Waals surface area contributed by atoms with Crippen molar-refractivity contribution in [2.75, 3.05) is 13.7 Å². The first-order chi connectivity index (χ1) is 14.5. The molecular formula is C20H39N2O7PSi2. The number of nitrogens with zero attached hydrogens (tertiary/aromatic N) is 1. The molecule has 1 N–H and O–H groups in total. The van der Waals surface area contributed by atoms with Gasteiger partial charge in [-0.25, -0.2) is 4.79 Å². The maximum absolute atomic E-state index is 12.4. The molecule has 1 fully saturated rings. The Labute approximate surface area is 194 Å². The molecule has 0 radical (unpaired) electrons. The summed E-state index contributed by atoms with van der Waals surface area (Å²) >= 11 is 0. The highest BCUT2D eigenvalue weighted by atomic mass is 31.2. The molecule has 9 nitrogen and oxygen atoms in total. The van der Waals surface area contributed by atoms with Gasteiger partial charge in [-0.1, -0.05) is 20.8 Å². The van der Waals surface area contributed by atoms with E-state index in [9.17, 15) is 9.59 Å². The van der Waals surface area contributed by atoms with Crippen LogP contribution in [0.3, 0.4) is 0 Å². The molecule has 0 saturated carbocycles. The number of aryl methyl sites for hydroxylation is 1. The van der Waals surface area contributed by atoms with Gasteiger partial charge in [-0.2, -0.15) is 0 Å². The number of ether oxygens (including phenoxy) is 1. The second-order valence-electron chi connectivity index (χ2n) is 10.7. The maximum atomic E-state index is 12.4. The normalized spacial score (nSPS) is 23.5. The quantitative estimate of drug-likeness (QED) is 0.394. The average molecular weight is 507 g/mol. The highest BCUT2D eigenvalue weighted by Crippen LogP contribution is 2.44. The second kappa shape index (κ2) is 10.3. The molecule has 184 valence electrons. The molecule has 0 aromatic carbocycles. The van der Waals surface area contributed by atoms with Crippen molar-refractivity contribution in [1.82, 2.24) is 9.55 Å². The molecule has 32 heavy (non-hydrogen) atoms. The Morgan fingerprint density at radius 2 is 1.84 bits per heavy atom. The van der Waals surface area contributed by atoms with Crippen molar-refractivity contribution in [3.63, 3.8) is 0 Å². The van der Waals surface area contributed by atoms with Crippen molar-refractivity contribution in [3.05, 3.63) is 32.6 Å². The van der Waals surface area contributed by atoms with Crippen molar-refractivity contribution in [2.24, 2.45) is 0 Å². The number of aromatic amines is 1. The Morgan fingerprint density at radius 1 is 1.22 bits per heavy atom. The highest BCUT2D eigenvalue weighted by molar-refractivity contribution is 7.43. The molecule has 0 bridgehead atoms. The molecule has 1 aromatic rings. The SMILES string of the molecule is COP(OC[C@H]1O[C@@H](n2cc(C)c(=O)[nH]c2=O)C[C@@H]1O[Si](C)(C)C(C)(C)C)O[Si](C)(C)C. The molecule has 1 aliphatic rings. The van der Waals surface area contributed by atoms with Crippen LogP contribution in [-0.2, 0) is 22.4 Å². The summed E-state index contributed by atoms with van der Waals surface area (Å²) in [5.74, 6) is 0. The largest absolute Gasteiger partial charge is 0.411 e. The molecular weight excluding hydrogens is 467 g/mol. The first kappa shape index (κ1) is 27.6. The Balaban J connectivity index is 2.26. The van der Waals surface area contributed by atoms with Gasteiger partial charge in [-0.15, -0.1) is 0 Å². The summed E-state index contributed by atoms with van der Waals surface area (Å²) in [6, 6.07) is 0. The van der Waals surface area contributed by atoms with Crippen LogP contribution in [0.15, 0.2) is 15.8 Å². The molecule has 1 aliphatic heterocycles. The van der Waals surface area contributed by atoms with Gasteiger partial charge < -0.3 is 22.4 Å². The minimum atomic E-state index is -2.11. The standard InChI is InChI=1S/C20H39N2O7PSi2/c1-14-12-22(19(24)21-18(14)23)17-11-15(28-32(9,10)20(2,3)4)16(27-17)13-26-30(25-5)29-31(6,7)8/h12,15-17H,11,13H2,1-10H3,(H,21,23,24)/t15-,16+,17+,30?/m0/s1. The van der Waals surface area contributed by atoms with E-state index < -0.39 is 48.8 Å². The first-order valence-electron chi connectivity index (χ1n) is 10.9. The second-order valence-corrected chi connectivity index (χ2v) is 21.4. The molecule has 12 heteroatoms. The van der Waals surface area contributed by atoms with Crippen LogP contribution >= 0.6 is 8.60 Å². The monoisotopic (exact) mass is 506 g/mol. The molecule has 2 rings (SSSR count). The van der Waals surface area contributed by atoms with E-state index in [0.29, 0.717) is 12.0 Å². The van der Waals surface area contributed by atoms with Gasteiger partial charge in [-0.3, -0.25) is 14.3 Å². The zero-order chi connectivity index (χ0) is 24.5. The number of aromatic nitrogens is 2. The summed E-state index contributed by atoms with van der Waals surface area (Å²) in [6.07, 6.45) is 0.785. The number of nitrogens with one attached hydrogen (secondary N) is 1. The lowest BCUT2D eigenvalue weighted by atomic mass is 10.2. The lowest BCUT2D eigenvalue weighted by molar-refractivity contribution is -0.0408. The van der Waals surface area contributed by atoms with Gasteiger partial charge in [0.25, 0.3) is 5.56 Å². The van der Waals surface area contributed by atoms with Gasteiger partial charge in [0.2, 0.25) is 0 Å². The molecule has 2 heterocycles. The van der Waals surface area contributed by atoms with E-state index in [4.69, 9.17) is 22.4 Å². The maximum Gasteiger partial charge on any atom is 0.330 e. The number of rotatable bonds is 9. The number of hydrogen-bond acceptors (Lipinski definition) is 7. The number of H-pyrrole nitrogens is 1. The third-order valence-electron chi connectivity index (χ3n) is 5.73. The molecule has 4 atom stereocenters. The van der Waals surface area contributed by atoms with Crippen LogP contribution in [0.25, 0.3) is 0 Å². The van der Waals surface area contributed by atoms with Crippen LogP contribution in [0.1, 0.15) is 39.0 Å². The zero-order valence-electron chi connectivity index (χ0n) is 21.0. The van der Waals surface area contributed by atoms with Crippen LogP contribution in [0.4, 0.5) is 0 Å². The predicted octanol–water partition coefficient (Wildman–Crippen LogP) is 4.26. The topological polar surface area (TPSA) is 101 Å². The summed E-state index contributed by atoms with van der Waals surface area (Å²) in [5.41, 5.74) is -0.451. The molecule has 1 aromatic heterocycles. The molecule has 1 unspecified atom stereocenters. The fraction of sp³-hybridized carbons (Fsp3) is 0.800. The summed E-state index contributed by atoms with van der Waals surface area (Å²) in [5, 5.41) is 0.0159. The fourth-order valence-electron chi connectivity index (χ4n) is 2.97. The lowest BCUT2D eigenvalue weighted by Gasteiger charge is -2.39. The predicted molar refractivity (Wildman–Crippen MR) is 131 cm³/mol. The van der Waals surface area contributed by atoms with Gasteiger partial charge >= 0.3 is 14.3 Å². The Hall–Kier alpha value is -0.656. The van der Waals surface area contributed by atoms with Gasteiger partial charge in [-0.05, 0) is 44.7 Å². The van der Waals surface area contributed by atoms with E-state index in [1.54, 1.807) is 14.0 Å². The van der Waals surface area contributed by atoms with Gasteiger partial charge in [0.1, 0.15) is 12.3 Å².